The number of alkyl halides is 3. The van der Waals surface area contributed by atoms with E-state index in [1.54, 1.807) is 0 Å². The van der Waals surface area contributed by atoms with Crippen molar-refractivity contribution in [3.63, 3.8) is 0 Å². The minimum absolute atomic E-state index is 0. The molecule has 0 saturated heterocycles. The summed E-state index contributed by atoms with van der Waals surface area (Å²) < 4.78 is 72.4. The van der Waals surface area contributed by atoms with Gasteiger partial charge in [0.05, 0.1) is 5.56 Å². The first kappa shape index (κ1) is 17.0. The third-order valence-electron chi connectivity index (χ3n) is 1.68. The molecular formula is C7H3BBrF6K. The molecule has 16 heavy (non-hydrogen) atoms. The van der Waals surface area contributed by atoms with Crippen LogP contribution in [-0.4, -0.2) is 6.98 Å². The molecule has 0 N–H and O–H groups in total. The molecule has 1 aromatic rings. The van der Waals surface area contributed by atoms with E-state index in [1.165, 1.54) is 0 Å². The van der Waals surface area contributed by atoms with E-state index < -0.39 is 28.7 Å². The van der Waals surface area contributed by atoms with Crippen LogP contribution in [0.25, 0.3) is 0 Å². The van der Waals surface area contributed by atoms with Gasteiger partial charge in [-0.3, -0.25) is 0 Å². The Morgan fingerprint density at radius 2 is 1.56 bits per heavy atom. The molecule has 84 valence electrons. The second kappa shape index (κ2) is 5.75. The molecule has 9 heteroatoms. The Balaban J connectivity index is 0.00000225. The van der Waals surface area contributed by atoms with E-state index in [9.17, 15) is 26.1 Å². The molecular weight excluding hydrogens is 328 g/mol. The number of hydrogen-bond donors (Lipinski definition) is 0. The minimum atomic E-state index is -5.30. The van der Waals surface area contributed by atoms with Crippen LogP contribution in [0.1, 0.15) is 5.56 Å². The predicted octanol–water partition coefficient (Wildman–Crippen LogP) is 0.526. The average Bonchev–Trinajstić information content (AvgIpc) is 1.99. The second-order valence-corrected chi connectivity index (χ2v) is 3.66. The fraction of sp³-hybridized carbons (Fsp3) is 0.143. The molecule has 0 amide bonds. The van der Waals surface area contributed by atoms with Crippen molar-refractivity contribution in [2.75, 3.05) is 0 Å². The molecule has 1 aromatic carbocycles. The van der Waals surface area contributed by atoms with Gasteiger partial charge in [0.25, 0.3) is 0 Å². The van der Waals surface area contributed by atoms with E-state index in [2.05, 4.69) is 15.9 Å². The Morgan fingerprint density at radius 1 is 1.06 bits per heavy atom. The third kappa shape index (κ3) is 4.34. The Bertz CT molecular complexity index is 374. The Labute approximate surface area is 138 Å². The number of halogens is 7. The van der Waals surface area contributed by atoms with Gasteiger partial charge in [-0.1, -0.05) is 33.5 Å². The smallest absolute Gasteiger partial charge is 0.445 e. The zero-order chi connectivity index (χ0) is 11.9. The van der Waals surface area contributed by atoms with Crippen molar-refractivity contribution in [3.8, 4) is 0 Å². The standard InChI is InChI=1S/C7H3BBrF6.K/c9-6-3-4(7(10,11)12)1-2-5(6)8(13,14)15;/h1-3H;/q-1;+1. The summed E-state index contributed by atoms with van der Waals surface area (Å²) in [5, 5.41) is 0. The molecule has 0 heterocycles. The zero-order valence-electron chi connectivity index (χ0n) is 7.96. The van der Waals surface area contributed by atoms with Crippen LogP contribution in [0.15, 0.2) is 22.7 Å². The first-order valence-electron chi connectivity index (χ1n) is 3.69. The van der Waals surface area contributed by atoms with E-state index in [1.807, 2.05) is 0 Å². The fourth-order valence-electron chi connectivity index (χ4n) is 0.969. The normalized spacial score (nSPS) is 12.2. The van der Waals surface area contributed by atoms with Gasteiger partial charge in [0.2, 0.25) is 0 Å². The van der Waals surface area contributed by atoms with Crippen molar-refractivity contribution >= 4 is 28.4 Å². The molecule has 0 fully saturated rings. The molecule has 0 aliphatic heterocycles. The van der Waals surface area contributed by atoms with Crippen LogP contribution in [0.2, 0.25) is 0 Å². The van der Waals surface area contributed by atoms with Gasteiger partial charge in [-0.2, -0.15) is 13.2 Å². The van der Waals surface area contributed by atoms with E-state index in [4.69, 9.17) is 0 Å². The summed E-state index contributed by atoms with van der Waals surface area (Å²) in [5.74, 6) is 0. The van der Waals surface area contributed by atoms with Gasteiger partial charge in [0.15, 0.2) is 0 Å². The van der Waals surface area contributed by atoms with Crippen LogP contribution in [0.4, 0.5) is 26.1 Å². The molecule has 0 aromatic heterocycles. The summed E-state index contributed by atoms with van der Waals surface area (Å²) in [5.41, 5.74) is -2.18. The van der Waals surface area contributed by atoms with Gasteiger partial charge in [-0.05, 0) is 10.5 Å². The summed E-state index contributed by atoms with van der Waals surface area (Å²) >= 11 is 2.47. The number of rotatable bonds is 1. The van der Waals surface area contributed by atoms with E-state index in [0.717, 1.165) is 0 Å². The van der Waals surface area contributed by atoms with Gasteiger partial charge in [0, 0.05) is 0 Å². The Morgan fingerprint density at radius 3 is 1.88 bits per heavy atom. The first-order chi connectivity index (χ1) is 6.62. The number of hydrogen-bond acceptors (Lipinski definition) is 0. The summed E-state index contributed by atoms with van der Waals surface area (Å²) in [7, 11) is 0. The maximum Gasteiger partial charge on any atom is 1.00 e. The maximum atomic E-state index is 12.2. The average molecular weight is 331 g/mol. The maximum absolute atomic E-state index is 12.2. The summed E-state index contributed by atoms with van der Waals surface area (Å²) in [4.78, 5) is 0. The molecule has 1 rings (SSSR count). The molecule has 0 saturated carbocycles. The van der Waals surface area contributed by atoms with Crippen LogP contribution in [0.5, 0.6) is 0 Å². The van der Waals surface area contributed by atoms with Crippen molar-refractivity contribution in [3.05, 3.63) is 28.2 Å². The van der Waals surface area contributed by atoms with Crippen LogP contribution in [0, 0.1) is 0 Å². The molecule has 0 aliphatic rings. The van der Waals surface area contributed by atoms with E-state index in [-0.39, 0.29) is 51.4 Å². The molecule has 0 atom stereocenters. The van der Waals surface area contributed by atoms with E-state index in [0.29, 0.717) is 18.2 Å². The quantitative estimate of drug-likeness (QED) is 0.520. The van der Waals surface area contributed by atoms with Gasteiger partial charge < -0.3 is 12.9 Å². The van der Waals surface area contributed by atoms with Crippen molar-refractivity contribution in [2.24, 2.45) is 0 Å². The first-order valence-corrected chi connectivity index (χ1v) is 4.48. The van der Waals surface area contributed by atoms with Gasteiger partial charge in [0.1, 0.15) is 0 Å². The molecule has 0 radical (unpaired) electrons. The zero-order valence-corrected chi connectivity index (χ0v) is 12.7. The largest absolute Gasteiger partial charge is 1.00 e. The Kier molecular flexibility index (Phi) is 6.10. The van der Waals surface area contributed by atoms with Crippen molar-refractivity contribution in [1.29, 1.82) is 0 Å². The minimum Gasteiger partial charge on any atom is -0.445 e. The van der Waals surface area contributed by atoms with Gasteiger partial charge in [-0.25, -0.2) is 0 Å². The topological polar surface area (TPSA) is 0 Å². The third-order valence-corrected chi connectivity index (χ3v) is 2.37. The van der Waals surface area contributed by atoms with Crippen LogP contribution in [-0.2, 0) is 6.18 Å². The molecule has 0 bridgehead atoms. The summed E-state index contributed by atoms with van der Waals surface area (Å²) in [6, 6.07) is 1.26. The van der Waals surface area contributed by atoms with Crippen LogP contribution in [0.3, 0.4) is 0 Å². The SMILES string of the molecule is F[B-](F)(F)c1ccc(C(F)(F)F)cc1Br.[K+]. The van der Waals surface area contributed by atoms with Gasteiger partial charge in [-0.15, -0.1) is 0 Å². The van der Waals surface area contributed by atoms with Gasteiger partial charge >= 0.3 is 64.5 Å². The predicted molar refractivity (Wildman–Crippen MR) is 47.9 cm³/mol. The molecule has 0 aliphatic carbocycles. The molecule has 0 nitrogen and oxygen atoms in total. The number of benzene rings is 1. The van der Waals surface area contributed by atoms with Crippen molar-refractivity contribution in [2.45, 2.75) is 6.18 Å². The summed E-state index contributed by atoms with van der Waals surface area (Å²) in [6.45, 7) is -5.30. The second-order valence-electron chi connectivity index (χ2n) is 2.81. The Hall–Kier alpha value is 0.981. The molecule has 0 unspecified atom stereocenters. The van der Waals surface area contributed by atoms with Crippen LogP contribution < -0.4 is 56.8 Å². The van der Waals surface area contributed by atoms with Crippen molar-refractivity contribution in [1.82, 2.24) is 0 Å². The van der Waals surface area contributed by atoms with Crippen LogP contribution >= 0.6 is 15.9 Å². The molecule has 0 spiro atoms. The fourth-order valence-corrected chi connectivity index (χ4v) is 1.61. The van der Waals surface area contributed by atoms with Crippen molar-refractivity contribution < 1.29 is 77.5 Å². The van der Waals surface area contributed by atoms with E-state index >= 15 is 0 Å². The summed E-state index contributed by atoms with van der Waals surface area (Å²) in [6.07, 6.45) is -4.64. The monoisotopic (exact) mass is 330 g/mol.